The molecule has 29 heavy (non-hydrogen) atoms. The molecule has 4 nitrogen and oxygen atoms in total. The molecule has 0 unspecified atom stereocenters. The van der Waals surface area contributed by atoms with Crippen molar-refractivity contribution in [1.29, 1.82) is 0 Å². The van der Waals surface area contributed by atoms with Crippen molar-refractivity contribution in [2.24, 2.45) is 0 Å². The van der Waals surface area contributed by atoms with Crippen LogP contribution in [0.5, 0.6) is 0 Å². The lowest BCUT2D eigenvalue weighted by atomic mass is 10.0. The molecule has 1 heterocycles. The van der Waals surface area contributed by atoms with E-state index in [0.717, 1.165) is 27.6 Å². The van der Waals surface area contributed by atoms with Crippen LogP contribution in [0.3, 0.4) is 0 Å². The summed E-state index contributed by atoms with van der Waals surface area (Å²) in [5, 5.41) is 0.878. The van der Waals surface area contributed by atoms with Gasteiger partial charge in [0.15, 0.2) is 11.6 Å². The molecule has 0 radical (unpaired) electrons. The molecule has 3 aromatic carbocycles. The molecule has 5 heteroatoms. The number of benzene rings is 3. The van der Waals surface area contributed by atoms with Gasteiger partial charge in [-0.3, -0.25) is 0 Å². The summed E-state index contributed by atoms with van der Waals surface area (Å²) in [5.41, 5.74) is 3.95. The van der Waals surface area contributed by atoms with E-state index in [9.17, 15) is 4.57 Å². The van der Waals surface area contributed by atoms with Crippen molar-refractivity contribution in [1.82, 2.24) is 15.0 Å². The Hall–Kier alpha value is -3.10. The van der Waals surface area contributed by atoms with Gasteiger partial charge in [-0.2, -0.15) is 0 Å². The summed E-state index contributed by atoms with van der Waals surface area (Å²) in [6.07, 6.45) is 0. The predicted molar refractivity (Wildman–Crippen MR) is 120 cm³/mol. The highest BCUT2D eigenvalue weighted by molar-refractivity contribution is 7.70. The highest BCUT2D eigenvalue weighted by Gasteiger charge is 2.13. The Bertz CT molecular complexity index is 1220. The van der Waals surface area contributed by atoms with Crippen LogP contribution in [0.25, 0.3) is 33.9 Å². The normalized spacial score (nSPS) is 11.4. The molecule has 0 fully saturated rings. The second-order valence-electron chi connectivity index (χ2n) is 7.38. The smallest absolute Gasteiger partial charge is 0.163 e. The van der Waals surface area contributed by atoms with Crippen LogP contribution < -0.4 is 5.30 Å². The van der Waals surface area contributed by atoms with E-state index in [2.05, 4.69) is 16.0 Å². The Kier molecular flexibility index (Phi) is 5.12. The van der Waals surface area contributed by atoms with E-state index < -0.39 is 7.14 Å². The Morgan fingerprint density at radius 1 is 0.621 bits per heavy atom. The first-order valence-electron chi connectivity index (χ1n) is 9.45. The summed E-state index contributed by atoms with van der Waals surface area (Å²) in [7, 11) is -2.32. The summed E-state index contributed by atoms with van der Waals surface area (Å²) in [6, 6.07) is 25.9. The largest absolute Gasteiger partial charge is 0.319 e. The van der Waals surface area contributed by atoms with Crippen LogP contribution in [0.4, 0.5) is 0 Å². The van der Waals surface area contributed by atoms with Gasteiger partial charge >= 0.3 is 0 Å². The molecule has 0 saturated heterocycles. The van der Waals surface area contributed by atoms with Crippen molar-refractivity contribution in [3.05, 3.63) is 84.7 Å². The fourth-order valence-electron chi connectivity index (χ4n) is 3.19. The first-order valence-corrected chi connectivity index (χ1v) is 12.0. The molecule has 1 aromatic heterocycles. The van der Waals surface area contributed by atoms with Gasteiger partial charge < -0.3 is 4.57 Å². The van der Waals surface area contributed by atoms with Crippen molar-refractivity contribution in [2.45, 2.75) is 6.92 Å². The highest BCUT2D eigenvalue weighted by atomic mass is 31.2. The Balaban J connectivity index is 1.77. The van der Waals surface area contributed by atoms with Crippen LogP contribution in [-0.2, 0) is 4.57 Å². The zero-order chi connectivity index (χ0) is 20.4. The Labute approximate surface area is 171 Å². The first-order chi connectivity index (χ1) is 13.9. The molecule has 0 amide bonds. The molecule has 0 aliphatic heterocycles. The molecule has 0 bridgehead atoms. The van der Waals surface area contributed by atoms with Crippen molar-refractivity contribution in [3.63, 3.8) is 0 Å². The lowest BCUT2D eigenvalue weighted by molar-refractivity contribution is 0.588. The quantitative estimate of drug-likeness (QED) is 0.430. The van der Waals surface area contributed by atoms with Gasteiger partial charge in [0, 0.05) is 16.4 Å². The maximum atomic E-state index is 12.5. The fourth-order valence-corrected chi connectivity index (χ4v) is 4.08. The molecule has 0 aliphatic carbocycles. The van der Waals surface area contributed by atoms with E-state index in [0.29, 0.717) is 17.5 Å². The maximum Gasteiger partial charge on any atom is 0.163 e. The van der Waals surface area contributed by atoms with Gasteiger partial charge in [0.1, 0.15) is 13.0 Å². The van der Waals surface area contributed by atoms with Crippen LogP contribution in [0.2, 0.25) is 0 Å². The van der Waals surface area contributed by atoms with Gasteiger partial charge in [-0.05, 0) is 43.5 Å². The van der Waals surface area contributed by atoms with Crippen LogP contribution in [0.15, 0.2) is 78.9 Å². The number of aromatic nitrogens is 3. The number of hydrogen-bond acceptors (Lipinski definition) is 4. The lowest BCUT2D eigenvalue weighted by Crippen LogP contribution is -2.02. The van der Waals surface area contributed by atoms with Gasteiger partial charge in [-0.15, -0.1) is 0 Å². The van der Waals surface area contributed by atoms with Crippen molar-refractivity contribution in [2.75, 3.05) is 13.3 Å². The standard InChI is InChI=1S/C24H22N3OP/c1-17-25-23(18-9-5-4-6-10-18)27-24(26-17)21-13-7-11-19(15-21)20-12-8-14-22(16-20)29(2,3)28/h4-16H,1-3H3. The van der Waals surface area contributed by atoms with Crippen molar-refractivity contribution < 1.29 is 4.57 Å². The topological polar surface area (TPSA) is 55.7 Å². The Morgan fingerprint density at radius 2 is 1.17 bits per heavy atom. The fraction of sp³-hybridized carbons (Fsp3) is 0.125. The molecule has 4 rings (SSSR count). The number of nitrogens with zero attached hydrogens (tertiary/aromatic N) is 3. The predicted octanol–water partition coefficient (Wildman–Crippen LogP) is 5.43. The van der Waals surface area contributed by atoms with Gasteiger partial charge in [-0.25, -0.2) is 15.0 Å². The Morgan fingerprint density at radius 3 is 1.86 bits per heavy atom. The summed E-state index contributed by atoms with van der Waals surface area (Å²) in [5.74, 6) is 1.99. The minimum absolute atomic E-state index is 0.644. The average molecular weight is 399 g/mol. The number of rotatable bonds is 4. The third-order valence-corrected chi connectivity index (χ3v) is 6.22. The van der Waals surface area contributed by atoms with Crippen molar-refractivity contribution in [3.8, 4) is 33.9 Å². The third-order valence-electron chi connectivity index (χ3n) is 4.70. The first kappa shape index (κ1) is 19.2. The molecule has 0 aliphatic rings. The van der Waals surface area contributed by atoms with E-state index in [1.54, 1.807) is 13.3 Å². The van der Waals surface area contributed by atoms with E-state index in [4.69, 9.17) is 4.98 Å². The summed E-state index contributed by atoms with van der Waals surface area (Å²) >= 11 is 0. The molecule has 4 aromatic rings. The molecule has 0 spiro atoms. The van der Waals surface area contributed by atoms with E-state index >= 15 is 0 Å². The monoisotopic (exact) mass is 399 g/mol. The van der Waals surface area contributed by atoms with E-state index in [1.165, 1.54) is 0 Å². The van der Waals surface area contributed by atoms with Crippen LogP contribution >= 0.6 is 7.14 Å². The van der Waals surface area contributed by atoms with Crippen LogP contribution in [0.1, 0.15) is 5.82 Å². The molecule has 0 atom stereocenters. The SMILES string of the molecule is Cc1nc(-c2ccccc2)nc(-c2cccc(-c3cccc(P(C)(C)=O)c3)c2)n1. The molecular formula is C24H22N3OP. The lowest BCUT2D eigenvalue weighted by Gasteiger charge is -2.11. The van der Waals surface area contributed by atoms with Crippen molar-refractivity contribution >= 4 is 12.4 Å². The van der Waals surface area contributed by atoms with E-state index in [1.807, 2.05) is 79.7 Å². The molecule has 144 valence electrons. The highest BCUT2D eigenvalue weighted by Crippen LogP contribution is 2.36. The third kappa shape index (κ3) is 4.33. The maximum absolute atomic E-state index is 12.5. The summed E-state index contributed by atoms with van der Waals surface area (Å²) in [6.45, 7) is 5.47. The zero-order valence-electron chi connectivity index (χ0n) is 16.7. The molecule has 0 N–H and O–H groups in total. The molecular weight excluding hydrogens is 377 g/mol. The molecule has 0 saturated carbocycles. The second-order valence-corrected chi connectivity index (χ2v) is 10.6. The minimum Gasteiger partial charge on any atom is -0.319 e. The number of hydrogen-bond donors (Lipinski definition) is 0. The van der Waals surface area contributed by atoms with Crippen LogP contribution in [0, 0.1) is 6.92 Å². The van der Waals surface area contributed by atoms with Gasteiger partial charge in [0.05, 0.1) is 0 Å². The summed E-state index contributed by atoms with van der Waals surface area (Å²) in [4.78, 5) is 13.7. The average Bonchev–Trinajstić information content (AvgIpc) is 2.73. The van der Waals surface area contributed by atoms with Gasteiger partial charge in [0.2, 0.25) is 0 Å². The number of aryl methyl sites for hydroxylation is 1. The second kappa shape index (κ2) is 7.73. The summed E-state index contributed by atoms with van der Waals surface area (Å²) < 4.78 is 12.5. The minimum atomic E-state index is -2.32. The van der Waals surface area contributed by atoms with E-state index in [-0.39, 0.29) is 0 Å². The van der Waals surface area contributed by atoms with Gasteiger partial charge in [-0.1, -0.05) is 66.7 Å². The zero-order valence-corrected chi connectivity index (χ0v) is 17.6. The van der Waals surface area contributed by atoms with Crippen LogP contribution in [-0.4, -0.2) is 28.3 Å². The van der Waals surface area contributed by atoms with Gasteiger partial charge in [0.25, 0.3) is 0 Å².